The lowest BCUT2D eigenvalue weighted by atomic mass is 9.97. The lowest BCUT2D eigenvalue weighted by Gasteiger charge is -2.24. The number of carbonyl (C=O) groups excluding carboxylic acids is 2. The molecule has 1 aromatic heterocycles. The first kappa shape index (κ1) is 23.4. The minimum atomic E-state index is -0.581. The molecule has 2 N–H and O–H groups in total. The molecule has 0 radical (unpaired) electrons. The highest BCUT2D eigenvalue weighted by atomic mass is 79.9. The molecule has 0 aliphatic carbocycles. The fraction of sp³-hybridized carbons (Fsp3) is 0.545. The fourth-order valence-corrected chi connectivity index (χ4v) is 3.67. The van der Waals surface area contributed by atoms with Gasteiger partial charge in [0.15, 0.2) is 0 Å². The lowest BCUT2D eigenvalue weighted by molar-refractivity contribution is -0.157. The summed E-state index contributed by atoms with van der Waals surface area (Å²) in [5.74, 6) is -0.378. The fourth-order valence-electron chi connectivity index (χ4n) is 3.26. The molecule has 2 unspecified atom stereocenters. The Labute approximate surface area is 190 Å². The highest BCUT2D eigenvalue weighted by molar-refractivity contribution is 9.10. The van der Waals surface area contributed by atoms with Crippen LogP contribution in [0.15, 0.2) is 27.2 Å². The van der Waals surface area contributed by atoms with E-state index in [0.29, 0.717) is 18.9 Å². The Bertz CT molecular complexity index is 975. The van der Waals surface area contributed by atoms with Gasteiger partial charge in [-0.2, -0.15) is 4.98 Å². The molecule has 0 saturated heterocycles. The molecule has 2 aromatic rings. The molecular weight excluding hydrogens is 464 g/mol. The van der Waals surface area contributed by atoms with Crippen LogP contribution in [0.25, 0.3) is 0 Å². The molecule has 2 atom stereocenters. The summed E-state index contributed by atoms with van der Waals surface area (Å²) in [6.07, 6.45) is 0.451. The molecule has 31 heavy (non-hydrogen) atoms. The van der Waals surface area contributed by atoms with Crippen LogP contribution < -0.4 is 10.6 Å². The van der Waals surface area contributed by atoms with Crippen molar-refractivity contribution in [2.75, 3.05) is 6.54 Å². The Balaban J connectivity index is 1.82. The van der Waals surface area contributed by atoms with Crippen molar-refractivity contribution in [3.63, 3.8) is 0 Å². The number of aromatic nitrogens is 2. The third-order valence-electron chi connectivity index (χ3n) is 4.74. The van der Waals surface area contributed by atoms with Gasteiger partial charge in [-0.05, 0) is 50.5 Å². The first-order chi connectivity index (χ1) is 14.3. The molecule has 1 amide bonds. The van der Waals surface area contributed by atoms with Crippen LogP contribution in [0.1, 0.15) is 75.2 Å². The molecule has 0 bridgehead atoms. The van der Waals surface area contributed by atoms with E-state index in [4.69, 9.17) is 9.26 Å². The highest BCUT2D eigenvalue weighted by Crippen LogP contribution is 2.27. The van der Waals surface area contributed by atoms with Gasteiger partial charge in [-0.25, -0.2) is 0 Å². The Morgan fingerprint density at radius 1 is 1.23 bits per heavy atom. The number of carbonyl (C=O) groups is 2. The Morgan fingerprint density at radius 3 is 2.55 bits per heavy atom. The van der Waals surface area contributed by atoms with Gasteiger partial charge in [-0.1, -0.05) is 47.9 Å². The van der Waals surface area contributed by atoms with Gasteiger partial charge in [0.05, 0.1) is 6.04 Å². The highest BCUT2D eigenvalue weighted by Gasteiger charge is 2.32. The minimum Gasteiger partial charge on any atom is -0.459 e. The van der Waals surface area contributed by atoms with Gasteiger partial charge in [0, 0.05) is 16.4 Å². The van der Waals surface area contributed by atoms with E-state index in [1.807, 2.05) is 59.7 Å². The van der Waals surface area contributed by atoms with Crippen molar-refractivity contribution in [1.82, 2.24) is 20.8 Å². The number of ether oxygens (including phenoxy) is 1. The molecule has 1 aliphatic rings. The van der Waals surface area contributed by atoms with Crippen LogP contribution in [-0.2, 0) is 21.4 Å². The van der Waals surface area contributed by atoms with E-state index in [9.17, 15) is 9.59 Å². The van der Waals surface area contributed by atoms with E-state index in [-0.39, 0.29) is 23.3 Å². The summed E-state index contributed by atoms with van der Waals surface area (Å²) in [6, 6.07) is 4.93. The number of hydrogen-bond donors (Lipinski definition) is 2. The van der Waals surface area contributed by atoms with Crippen LogP contribution >= 0.6 is 15.9 Å². The van der Waals surface area contributed by atoms with Crippen molar-refractivity contribution in [1.29, 1.82) is 0 Å². The van der Waals surface area contributed by atoms with Crippen molar-refractivity contribution in [2.45, 2.75) is 71.1 Å². The number of esters is 1. The first-order valence-electron chi connectivity index (χ1n) is 10.2. The van der Waals surface area contributed by atoms with Gasteiger partial charge in [0.25, 0.3) is 11.7 Å². The largest absolute Gasteiger partial charge is 0.459 e. The zero-order chi connectivity index (χ0) is 23.0. The summed E-state index contributed by atoms with van der Waals surface area (Å²) in [7, 11) is 0. The molecular formula is C22H29BrN4O4. The van der Waals surface area contributed by atoms with Gasteiger partial charge < -0.3 is 19.9 Å². The average molecular weight is 493 g/mol. The summed E-state index contributed by atoms with van der Waals surface area (Å²) >= 11 is 3.49. The van der Waals surface area contributed by atoms with Crippen LogP contribution in [0.3, 0.4) is 0 Å². The predicted molar refractivity (Wildman–Crippen MR) is 119 cm³/mol. The summed E-state index contributed by atoms with van der Waals surface area (Å²) in [5.41, 5.74) is 0.940. The molecule has 0 spiro atoms. The Kier molecular flexibility index (Phi) is 6.57. The van der Waals surface area contributed by atoms with Crippen molar-refractivity contribution in [3.05, 3.63) is 45.5 Å². The zero-order valence-corrected chi connectivity index (χ0v) is 20.3. The van der Waals surface area contributed by atoms with Crippen LogP contribution in [0, 0.1) is 0 Å². The number of amides is 1. The van der Waals surface area contributed by atoms with E-state index in [2.05, 4.69) is 36.7 Å². The van der Waals surface area contributed by atoms with Crippen molar-refractivity contribution < 1.29 is 18.8 Å². The maximum absolute atomic E-state index is 12.8. The van der Waals surface area contributed by atoms with E-state index in [0.717, 1.165) is 15.6 Å². The van der Waals surface area contributed by atoms with E-state index in [1.165, 1.54) is 0 Å². The monoisotopic (exact) mass is 492 g/mol. The maximum Gasteiger partial charge on any atom is 0.324 e. The van der Waals surface area contributed by atoms with E-state index >= 15 is 0 Å². The van der Waals surface area contributed by atoms with E-state index < -0.39 is 17.6 Å². The topological polar surface area (TPSA) is 106 Å². The van der Waals surface area contributed by atoms with Gasteiger partial charge in [0.2, 0.25) is 5.89 Å². The SMILES string of the molecule is CC(C)(C)OC(=O)C1Cc2cc(Br)ccc2C(NC(=O)c2noc(C(C)(C)C)n2)CN1. The van der Waals surface area contributed by atoms with Crippen LogP contribution in [0.2, 0.25) is 0 Å². The summed E-state index contributed by atoms with van der Waals surface area (Å²) < 4.78 is 11.7. The summed E-state index contributed by atoms with van der Waals surface area (Å²) in [5, 5.41) is 10.0. The van der Waals surface area contributed by atoms with Gasteiger partial charge in [-0.15, -0.1) is 0 Å². The molecule has 1 aromatic carbocycles. The van der Waals surface area contributed by atoms with Gasteiger partial charge >= 0.3 is 5.97 Å². The minimum absolute atomic E-state index is 0.0171. The molecule has 0 saturated carbocycles. The number of fused-ring (bicyclic) bond motifs is 1. The van der Waals surface area contributed by atoms with E-state index in [1.54, 1.807) is 0 Å². The molecule has 9 heteroatoms. The molecule has 8 nitrogen and oxygen atoms in total. The standard InChI is InChI=1S/C22H29BrN4O4/c1-21(2,3)20-26-17(27-31-20)18(28)25-16-11-24-15(19(29)30-22(4,5)6)10-12-9-13(23)7-8-14(12)16/h7-9,15-16,24H,10-11H2,1-6H3,(H,25,28). The maximum atomic E-state index is 12.8. The third-order valence-corrected chi connectivity index (χ3v) is 5.23. The molecule has 2 heterocycles. The van der Waals surface area contributed by atoms with Gasteiger partial charge in [-0.3, -0.25) is 9.59 Å². The Morgan fingerprint density at radius 2 is 1.94 bits per heavy atom. The number of halogens is 1. The van der Waals surface area contributed by atoms with Gasteiger partial charge in [0.1, 0.15) is 11.6 Å². The van der Waals surface area contributed by atoms with Crippen molar-refractivity contribution in [3.8, 4) is 0 Å². The molecule has 0 fully saturated rings. The predicted octanol–water partition coefficient (Wildman–Crippen LogP) is 3.46. The Hall–Kier alpha value is -2.26. The quantitative estimate of drug-likeness (QED) is 0.631. The second-order valence-corrected chi connectivity index (χ2v) is 10.7. The first-order valence-corrected chi connectivity index (χ1v) is 11.0. The number of rotatable bonds is 3. The number of nitrogens with one attached hydrogen (secondary N) is 2. The molecule has 168 valence electrons. The third kappa shape index (κ3) is 5.92. The number of hydrogen-bond acceptors (Lipinski definition) is 7. The molecule has 1 aliphatic heterocycles. The zero-order valence-electron chi connectivity index (χ0n) is 18.7. The van der Waals surface area contributed by atoms with Crippen LogP contribution in [0.4, 0.5) is 0 Å². The summed E-state index contributed by atoms with van der Waals surface area (Å²) in [4.78, 5) is 29.7. The van der Waals surface area contributed by atoms with Crippen LogP contribution in [-0.4, -0.2) is 40.2 Å². The van der Waals surface area contributed by atoms with Crippen LogP contribution in [0.5, 0.6) is 0 Å². The second-order valence-electron chi connectivity index (χ2n) is 9.74. The normalized spacial score (nSPS) is 19.3. The number of nitrogens with zero attached hydrogens (tertiary/aromatic N) is 2. The smallest absolute Gasteiger partial charge is 0.324 e. The lowest BCUT2D eigenvalue weighted by Crippen LogP contribution is -2.44. The molecule has 3 rings (SSSR count). The van der Waals surface area contributed by atoms with Crippen molar-refractivity contribution in [2.24, 2.45) is 0 Å². The second kappa shape index (κ2) is 8.70. The number of benzene rings is 1. The summed E-state index contributed by atoms with van der Waals surface area (Å²) in [6.45, 7) is 11.7. The van der Waals surface area contributed by atoms with Crippen molar-refractivity contribution >= 4 is 27.8 Å². The average Bonchev–Trinajstić information content (AvgIpc) is 3.07.